The minimum absolute atomic E-state index is 0.260. The lowest BCUT2D eigenvalue weighted by Gasteiger charge is -2.11. The molecule has 1 unspecified atom stereocenters. The minimum atomic E-state index is -4.79. The molecule has 2 rings (SSSR count). The highest BCUT2D eigenvalue weighted by Gasteiger charge is 2.30. The topological polar surface area (TPSA) is 84.9 Å². The number of carboxylic acids is 1. The Bertz CT molecular complexity index is 772. The normalized spacial score (nSPS) is 12.2. The van der Waals surface area contributed by atoms with E-state index in [9.17, 15) is 22.8 Å². The molecule has 0 aliphatic rings. The Morgan fingerprint density at radius 3 is 2.04 bits per heavy atom. The highest BCUT2D eigenvalue weighted by atomic mass is 19.4. The maximum absolute atomic E-state index is 12.1. The van der Waals surface area contributed by atoms with Gasteiger partial charge in [0.25, 0.3) is 5.91 Å². The molecule has 0 aliphatic carbocycles. The molecule has 0 aromatic heterocycles. The lowest BCUT2D eigenvalue weighted by Crippen LogP contribution is -2.22. The van der Waals surface area contributed by atoms with Crippen LogP contribution in [-0.4, -0.2) is 29.4 Å². The molecule has 2 aromatic carbocycles. The van der Waals surface area contributed by atoms with E-state index in [1.165, 1.54) is 43.3 Å². The van der Waals surface area contributed by atoms with Gasteiger partial charge in [-0.1, -0.05) is 0 Å². The summed E-state index contributed by atoms with van der Waals surface area (Å²) in [6.07, 6.45) is -5.82. The van der Waals surface area contributed by atoms with E-state index in [1.807, 2.05) is 0 Å². The van der Waals surface area contributed by atoms with Crippen LogP contribution >= 0.6 is 0 Å². The Kier molecular flexibility index (Phi) is 5.71. The molecule has 26 heavy (non-hydrogen) atoms. The molecular weight excluding hydrogens is 355 g/mol. The minimum Gasteiger partial charge on any atom is -0.479 e. The number of ether oxygens (including phenoxy) is 2. The van der Waals surface area contributed by atoms with Crippen molar-refractivity contribution in [1.82, 2.24) is 0 Å². The van der Waals surface area contributed by atoms with Crippen LogP contribution in [0.15, 0.2) is 48.5 Å². The SMILES string of the molecule is CC(Oc1ccc(C(=O)Nc2ccc(OC(F)(F)F)cc2)cc1)C(=O)O. The zero-order valence-electron chi connectivity index (χ0n) is 13.4. The van der Waals surface area contributed by atoms with Gasteiger partial charge < -0.3 is 19.9 Å². The summed E-state index contributed by atoms with van der Waals surface area (Å²) in [5.41, 5.74) is 0.542. The molecular formula is C17H14F3NO5. The third-order valence-corrected chi connectivity index (χ3v) is 3.12. The first-order valence-corrected chi connectivity index (χ1v) is 7.31. The summed E-state index contributed by atoms with van der Waals surface area (Å²) >= 11 is 0. The summed E-state index contributed by atoms with van der Waals surface area (Å²) in [7, 11) is 0. The van der Waals surface area contributed by atoms with Gasteiger partial charge in [-0.3, -0.25) is 4.79 Å². The Morgan fingerprint density at radius 2 is 1.54 bits per heavy atom. The molecule has 0 radical (unpaired) electrons. The van der Waals surface area contributed by atoms with E-state index in [2.05, 4.69) is 10.1 Å². The van der Waals surface area contributed by atoms with Crippen LogP contribution in [0.3, 0.4) is 0 Å². The van der Waals surface area contributed by atoms with Crippen LogP contribution in [0.25, 0.3) is 0 Å². The van der Waals surface area contributed by atoms with Gasteiger partial charge >= 0.3 is 12.3 Å². The monoisotopic (exact) mass is 369 g/mol. The molecule has 2 aromatic rings. The summed E-state index contributed by atoms with van der Waals surface area (Å²) in [4.78, 5) is 22.8. The maximum atomic E-state index is 12.1. The van der Waals surface area contributed by atoms with Crippen LogP contribution in [0.1, 0.15) is 17.3 Å². The Hall–Kier alpha value is -3.23. The van der Waals surface area contributed by atoms with E-state index in [1.54, 1.807) is 0 Å². The maximum Gasteiger partial charge on any atom is 0.573 e. The second-order valence-electron chi connectivity index (χ2n) is 5.15. The number of carbonyl (C=O) groups is 2. The molecule has 9 heteroatoms. The second-order valence-corrected chi connectivity index (χ2v) is 5.15. The summed E-state index contributed by atoms with van der Waals surface area (Å²) in [6, 6.07) is 10.4. The summed E-state index contributed by atoms with van der Waals surface area (Å²) in [6.45, 7) is 1.37. The smallest absolute Gasteiger partial charge is 0.479 e. The summed E-state index contributed by atoms with van der Waals surface area (Å²) in [5, 5.41) is 11.3. The lowest BCUT2D eigenvalue weighted by atomic mass is 10.2. The Labute approximate surface area is 146 Å². The molecule has 0 saturated heterocycles. The summed E-state index contributed by atoms with van der Waals surface area (Å²) < 4.78 is 45.2. The van der Waals surface area contributed by atoms with E-state index in [-0.39, 0.29) is 17.0 Å². The number of rotatable bonds is 6. The van der Waals surface area contributed by atoms with E-state index in [0.29, 0.717) is 0 Å². The highest BCUT2D eigenvalue weighted by Crippen LogP contribution is 2.24. The zero-order valence-corrected chi connectivity index (χ0v) is 13.4. The van der Waals surface area contributed by atoms with E-state index in [0.717, 1.165) is 12.1 Å². The molecule has 0 saturated carbocycles. The zero-order chi connectivity index (χ0) is 19.3. The van der Waals surface area contributed by atoms with Gasteiger partial charge in [-0.05, 0) is 55.5 Å². The Balaban J connectivity index is 1.98. The van der Waals surface area contributed by atoms with E-state index in [4.69, 9.17) is 9.84 Å². The van der Waals surface area contributed by atoms with Gasteiger partial charge in [-0.25, -0.2) is 4.79 Å². The predicted molar refractivity (Wildman–Crippen MR) is 85.2 cm³/mol. The number of hydrogen-bond acceptors (Lipinski definition) is 4. The van der Waals surface area contributed by atoms with Crippen molar-refractivity contribution >= 4 is 17.6 Å². The number of carboxylic acid groups (broad SMARTS) is 1. The highest BCUT2D eigenvalue weighted by molar-refractivity contribution is 6.04. The van der Waals surface area contributed by atoms with Crippen LogP contribution in [-0.2, 0) is 4.79 Å². The number of anilines is 1. The van der Waals surface area contributed by atoms with Gasteiger partial charge in [-0.2, -0.15) is 0 Å². The predicted octanol–water partition coefficient (Wildman–Crippen LogP) is 3.69. The molecule has 0 spiro atoms. The number of carbonyl (C=O) groups excluding carboxylic acids is 1. The van der Waals surface area contributed by atoms with Gasteiger partial charge in [-0.15, -0.1) is 13.2 Å². The van der Waals surface area contributed by atoms with Crippen molar-refractivity contribution in [2.45, 2.75) is 19.4 Å². The van der Waals surface area contributed by atoms with E-state index < -0.39 is 30.1 Å². The number of hydrogen-bond donors (Lipinski definition) is 2. The van der Waals surface area contributed by atoms with E-state index >= 15 is 0 Å². The number of benzene rings is 2. The fourth-order valence-corrected chi connectivity index (χ4v) is 1.88. The third kappa shape index (κ3) is 5.69. The molecule has 2 N–H and O–H groups in total. The fourth-order valence-electron chi connectivity index (χ4n) is 1.88. The molecule has 0 fully saturated rings. The molecule has 1 atom stereocenters. The van der Waals surface area contributed by atoms with Crippen LogP contribution in [0.4, 0.5) is 18.9 Å². The molecule has 0 heterocycles. The van der Waals surface area contributed by atoms with Crippen molar-refractivity contribution in [3.63, 3.8) is 0 Å². The van der Waals surface area contributed by atoms with Gasteiger partial charge in [0.05, 0.1) is 0 Å². The number of nitrogens with one attached hydrogen (secondary N) is 1. The third-order valence-electron chi connectivity index (χ3n) is 3.12. The van der Waals surface area contributed by atoms with Crippen molar-refractivity contribution < 1.29 is 37.3 Å². The first-order chi connectivity index (χ1) is 12.1. The van der Waals surface area contributed by atoms with Crippen LogP contribution in [0.5, 0.6) is 11.5 Å². The first kappa shape index (κ1) is 19.1. The van der Waals surface area contributed by atoms with Gasteiger partial charge in [0.2, 0.25) is 0 Å². The average molecular weight is 369 g/mol. The molecule has 1 amide bonds. The fraction of sp³-hybridized carbons (Fsp3) is 0.176. The average Bonchev–Trinajstić information content (AvgIpc) is 2.56. The van der Waals surface area contributed by atoms with Gasteiger partial charge in [0, 0.05) is 11.3 Å². The number of amides is 1. The number of aliphatic carboxylic acids is 1. The Morgan fingerprint density at radius 1 is 1.00 bits per heavy atom. The molecule has 138 valence electrons. The van der Waals surface area contributed by atoms with Crippen molar-refractivity contribution in [3.8, 4) is 11.5 Å². The summed E-state index contributed by atoms with van der Waals surface area (Å²) in [5.74, 6) is -1.73. The largest absolute Gasteiger partial charge is 0.573 e. The van der Waals surface area contributed by atoms with Crippen LogP contribution in [0, 0.1) is 0 Å². The number of alkyl halides is 3. The van der Waals surface area contributed by atoms with Crippen molar-refractivity contribution in [1.29, 1.82) is 0 Å². The molecule has 6 nitrogen and oxygen atoms in total. The molecule has 0 aliphatic heterocycles. The van der Waals surface area contributed by atoms with Crippen LogP contribution < -0.4 is 14.8 Å². The molecule has 0 bridgehead atoms. The lowest BCUT2D eigenvalue weighted by molar-refractivity contribution is -0.274. The van der Waals surface area contributed by atoms with Gasteiger partial charge in [0.15, 0.2) is 6.10 Å². The standard InChI is InChI=1S/C17H14F3NO5/c1-10(16(23)24)25-13-6-2-11(3-7-13)15(22)21-12-4-8-14(9-5-12)26-17(18,19)20/h2-10H,1H3,(H,21,22)(H,23,24). The second kappa shape index (κ2) is 7.77. The van der Waals surface area contributed by atoms with Crippen molar-refractivity contribution in [2.75, 3.05) is 5.32 Å². The quantitative estimate of drug-likeness (QED) is 0.811. The van der Waals surface area contributed by atoms with Crippen molar-refractivity contribution in [2.24, 2.45) is 0 Å². The van der Waals surface area contributed by atoms with Crippen molar-refractivity contribution in [3.05, 3.63) is 54.1 Å². The first-order valence-electron chi connectivity index (χ1n) is 7.31. The number of halogens is 3. The van der Waals surface area contributed by atoms with Gasteiger partial charge in [0.1, 0.15) is 11.5 Å². The van der Waals surface area contributed by atoms with Crippen LogP contribution in [0.2, 0.25) is 0 Å².